The SMILES string of the molecule is CCC[C@H]1CC[C@H](O)[C@@H](C)N1. The second-order valence-corrected chi connectivity index (χ2v) is 3.59. The van der Waals surface area contributed by atoms with Gasteiger partial charge in [-0.2, -0.15) is 0 Å². The van der Waals surface area contributed by atoms with Crippen molar-refractivity contribution in [2.75, 3.05) is 0 Å². The largest absolute Gasteiger partial charge is 0.392 e. The minimum atomic E-state index is -0.122. The van der Waals surface area contributed by atoms with E-state index in [0.29, 0.717) is 12.1 Å². The lowest BCUT2D eigenvalue weighted by atomic mass is 9.94. The van der Waals surface area contributed by atoms with Crippen molar-refractivity contribution >= 4 is 0 Å². The number of rotatable bonds is 2. The summed E-state index contributed by atoms with van der Waals surface area (Å²) in [6.07, 6.45) is 4.47. The van der Waals surface area contributed by atoms with Crippen molar-refractivity contribution in [2.45, 2.75) is 57.7 Å². The highest BCUT2D eigenvalue weighted by Gasteiger charge is 2.23. The highest BCUT2D eigenvalue weighted by atomic mass is 16.3. The summed E-state index contributed by atoms with van der Waals surface area (Å²) >= 11 is 0. The van der Waals surface area contributed by atoms with E-state index in [-0.39, 0.29) is 6.10 Å². The summed E-state index contributed by atoms with van der Waals surface area (Å²) in [7, 11) is 0. The zero-order chi connectivity index (χ0) is 8.27. The third-order valence-corrected chi connectivity index (χ3v) is 2.52. The van der Waals surface area contributed by atoms with Gasteiger partial charge in [0.25, 0.3) is 0 Å². The molecule has 0 saturated carbocycles. The predicted octanol–water partition coefficient (Wildman–Crippen LogP) is 1.29. The van der Waals surface area contributed by atoms with Gasteiger partial charge in [-0.1, -0.05) is 13.3 Å². The van der Waals surface area contributed by atoms with Crippen LogP contribution in [0.25, 0.3) is 0 Å². The summed E-state index contributed by atoms with van der Waals surface area (Å²) in [4.78, 5) is 0. The highest BCUT2D eigenvalue weighted by Crippen LogP contribution is 2.16. The lowest BCUT2D eigenvalue weighted by Crippen LogP contribution is -2.48. The molecule has 11 heavy (non-hydrogen) atoms. The number of aliphatic hydroxyl groups is 1. The molecule has 0 spiro atoms. The smallest absolute Gasteiger partial charge is 0.0691 e. The maximum Gasteiger partial charge on any atom is 0.0691 e. The maximum absolute atomic E-state index is 9.40. The minimum Gasteiger partial charge on any atom is -0.392 e. The molecule has 1 fully saturated rings. The van der Waals surface area contributed by atoms with Crippen LogP contribution in [0.15, 0.2) is 0 Å². The Hall–Kier alpha value is -0.0800. The summed E-state index contributed by atoms with van der Waals surface area (Å²) in [5.41, 5.74) is 0. The molecule has 2 nitrogen and oxygen atoms in total. The molecule has 0 unspecified atom stereocenters. The van der Waals surface area contributed by atoms with E-state index >= 15 is 0 Å². The van der Waals surface area contributed by atoms with Crippen LogP contribution in [-0.2, 0) is 0 Å². The normalized spacial score (nSPS) is 39.0. The molecule has 1 aliphatic rings. The van der Waals surface area contributed by atoms with Crippen molar-refractivity contribution in [3.63, 3.8) is 0 Å². The van der Waals surface area contributed by atoms with E-state index in [1.807, 2.05) is 0 Å². The predicted molar refractivity (Wildman–Crippen MR) is 46.5 cm³/mol. The monoisotopic (exact) mass is 157 g/mol. The Morgan fingerprint density at radius 1 is 1.45 bits per heavy atom. The first kappa shape index (κ1) is 9.01. The van der Waals surface area contributed by atoms with Crippen LogP contribution in [0.5, 0.6) is 0 Å². The summed E-state index contributed by atoms with van der Waals surface area (Å²) in [6, 6.07) is 0.943. The van der Waals surface area contributed by atoms with Gasteiger partial charge in [0, 0.05) is 12.1 Å². The zero-order valence-corrected chi connectivity index (χ0v) is 7.51. The van der Waals surface area contributed by atoms with Crippen molar-refractivity contribution in [2.24, 2.45) is 0 Å². The van der Waals surface area contributed by atoms with E-state index in [4.69, 9.17) is 0 Å². The van der Waals surface area contributed by atoms with E-state index in [2.05, 4.69) is 19.2 Å². The van der Waals surface area contributed by atoms with Crippen LogP contribution in [0.4, 0.5) is 0 Å². The van der Waals surface area contributed by atoms with Crippen LogP contribution in [0.2, 0.25) is 0 Å². The molecule has 0 aromatic rings. The molecule has 2 heteroatoms. The number of nitrogens with one attached hydrogen (secondary N) is 1. The maximum atomic E-state index is 9.40. The fourth-order valence-corrected chi connectivity index (χ4v) is 1.76. The topological polar surface area (TPSA) is 32.3 Å². The van der Waals surface area contributed by atoms with Gasteiger partial charge in [0.05, 0.1) is 6.10 Å². The second kappa shape index (κ2) is 4.07. The third-order valence-electron chi connectivity index (χ3n) is 2.52. The Morgan fingerprint density at radius 3 is 2.73 bits per heavy atom. The number of aliphatic hydroxyl groups excluding tert-OH is 1. The molecule has 1 aliphatic heterocycles. The van der Waals surface area contributed by atoms with E-state index in [0.717, 1.165) is 12.8 Å². The molecule has 0 amide bonds. The van der Waals surface area contributed by atoms with Gasteiger partial charge in [-0.25, -0.2) is 0 Å². The summed E-state index contributed by atoms with van der Waals surface area (Å²) in [5.74, 6) is 0. The first-order valence-electron chi connectivity index (χ1n) is 4.68. The Labute approximate surface area is 69.0 Å². The number of piperidine rings is 1. The Bertz CT molecular complexity index is 116. The van der Waals surface area contributed by atoms with Crippen molar-refractivity contribution in [3.8, 4) is 0 Å². The van der Waals surface area contributed by atoms with Crippen LogP contribution in [-0.4, -0.2) is 23.3 Å². The van der Waals surface area contributed by atoms with Gasteiger partial charge in [0.15, 0.2) is 0 Å². The summed E-state index contributed by atoms with van der Waals surface area (Å²) in [5, 5.41) is 12.8. The average molecular weight is 157 g/mol. The molecular formula is C9H19NO. The fourth-order valence-electron chi connectivity index (χ4n) is 1.76. The molecule has 0 aliphatic carbocycles. The van der Waals surface area contributed by atoms with Crippen LogP contribution in [0, 0.1) is 0 Å². The molecule has 0 aromatic carbocycles. The Morgan fingerprint density at radius 2 is 2.18 bits per heavy atom. The minimum absolute atomic E-state index is 0.122. The van der Waals surface area contributed by atoms with Crippen LogP contribution in [0.3, 0.4) is 0 Å². The molecule has 1 saturated heterocycles. The second-order valence-electron chi connectivity index (χ2n) is 3.59. The van der Waals surface area contributed by atoms with Crippen LogP contribution < -0.4 is 5.32 Å². The number of hydrogen-bond acceptors (Lipinski definition) is 2. The summed E-state index contributed by atoms with van der Waals surface area (Å²) in [6.45, 7) is 4.27. The lowest BCUT2D eigenvalue weighted by molar-refractivity contribution is 0.0853. The molecule has 0 bridgehead atoms. The van der Waals surface area contributed by atoms with Crippen LogP contribution >= 0.6 is 0 Å². The molecular weight excluding hydrogens is 138 g/mol. The van der Waals surface area contributed by atoms with Crippen LogP contribution in [0.1, 0.15) is 39.5 Å². The molecule has 2 N–H and O–H groups in total. The quantitative estimate of drug-likeness (QED) is 0.633. The highest BCUT2D eigenvalue weighted by molar-refractivity contribution is 4.83. The lowest BCUT2D eigenvalue weighted by Gasteiger charge is -2.32. The molecule has 1 rings (SSSR count). The first-order valence-corrected chi connectivity index (χ1v) is 4.68. The molecule has 3 atom stereocenters. The van der Waals surface area contributed by atoms with Crippen molar-refractivity contribution in [1.29, 1.82) is 0 Å². The van der Waals surface area contributed by atoms with Gasteiger partial charge in [-0.15, -0.1) is 0 Å². The Kier molecular flexibility index (Phi) is 3.34. The van der Waals surface area contributed by atoms with Gasteiger partial charge < -0.3 is 10.4 Å². The van der Waals surface area contributed by atoms with Crippen molar-refractivity contribution in [1.82, 2.24) is 5.32 Å². The van der Waals surface area contributed by atoms with E-state index in [9.17, 15) is 5.11 Å². The molecule has 1 heterocycles. The number of hydrogen-bond donors (Lipinski definition) is 2. The van der Waals surface area contributed by atoms with Crippen molar-refractivity contribution in [3.05, 3.63) is 0 Å². The van der Waals surface area contributed by atoms with Gasteiger partial charge in [-0.05, 0) is 26.2 Å². The van der Waals surface area contributed by atoms with E-state index < -0.39 is 0 Å². The fraction of sp³-hybridized carbons (Fsp3) is 1.00. The average Bonchev–Trinajstić information content (AvgIpc) is 1.98. The Balaban J connectivity index is 2.28. The molecule has 0 aromatic heterocycles. The summed E-state index contributed by atoms with van der Waals surface area (Å²) < 4.78 is 0. The van der Waals surface area contributed by atoms with Gasteiger partial charge in [-0.3, -0.25) is 0 Å². The standard InChI is InChI=1S/C9H19NO/c1-3-4-8-5-6-9(11)7(2)10-8/h7-11H,3-6H2,1-2H3/t7-,8+,9+/m1/s1. The third kappa shape index (κ3) is 2.46. The van der Waals surface area contributed by atoms with E-state index in [1.54, 1.807) is 0 Å². The molecule has 66 valence electrons. The van der Waals surface area contributed by atoms with E-state index in [1.165, 1.54) is 12.8 Å². The molecule has 0 radical (unpaired) electrons. The van der Waals surface area contributed by atoms with Gasteiger partial charge >= 0.3 is 0 Å². The van der Waals surface area contributed by atoms with Gasteiger partial charge in [0.2, 0.25) is 0 Å². The van der Waals surface area contributed by atoms with Crippen molar-refractivity contribution < 1.29 is 5.11 Å². The zero-order valence-electron chi connectivity index (χ0n) is 7.51. The van der Waals surface area contributed by atoms with Gasteiger partial charge in [0.1, 0.15) is 0 Å². The first-order chi connectivity index (χ1) is 5.24.